The van der Waals surface area contributed by atoms with Crippen LogP contribution in [0, 0.1) is 17.0 Å². The highest BCUT2D eigenvalue weighted by Gasteiger charge is 2.19. The lowest BCUT2D eigenvalue weighted by atomic mass is 10.1. The van der Waals surface area contributed by atoms with Crippen molar-refractivity contribution in [2.45, 2.75) is 13.5 Å². The number of non-ortho nitro benzene ring substituents is 1. The minimum absolute atomic E-state index is 0.147. The van der Waals surface area contributed by atoms with Crippen molar-refractivity contribution >= 4 is 17.3 Å². The highest BCUT2D eigenvalue weighted by Crippen LogP contribution is 2.25. The molecular formula is C13H15N5O4. The molecule has 9 nitrogen and oxygen atoms in total. The number of hydrogen-bond donors (Lipinski definition) is 1. The third kappa shape index (κ3) is 3.19. The van der Waals surface area contributed by atoms with Gasteiger partial charge in [-0.05, 0) is 6.07 Å². The summed E-state index contributed by atoms with van der Waals surface area (Å²) in [7, 11) is 3.20. The van der Waals surface area contributed by atoms with Crippen LogP contribution in [0.5, 0.6) is 0 Å². The van der Waals surface area contributed by atoms with Crippen LogP contribution >= 0.6 is 0 Å². The number of hydrogen-bond acceptors (Lipinski definition) is 7. The summed E-state index contributed by atoms with van der Waals surface area (Å²) in [5.41, 5.74) is 0.595. The van der Waals surface area contributed by atoms with Crippen LogP contribution < -0.4 is 10.2 Å². The molecule has 2 aromatic rings. The zero-order valence-electron chi connectivity index (χ0n) is 12.4. The van der Waals surface area contributed by atoms with E-state index in [-0.39, 0.29) is 11.3 Å². The van der Waals surface area contributed by atoms with E-state index in [9.17, 15) is 14.9 Å². The second-order valence-corrected chi connectivity index (χ2v) is 4.62. The Morgan fingerprint density at radius 1 is 1.50 bits per heavy atom. The number of carbonyl (C=O) groups is 1. The average Bonchev–Trinajstić information content (AvgIpc) is 2.90. The number of nitro groups is 1. The highest BCUT2D eigenvalue weighted by atomic mass is 16.6. The van der Waals surface area contributed by atoms with Crippen molar-refractivity contribution in [3.8, 4) is 0 Å². The minimum Gasteiger partial charge on any atom is -0.366 e. The van der Waals surface area contributed by atoms with E-state index in [4.69, 9.17) is 4.52 Å². The molecule has 9 heteroatoms. The Hall–Kier alpha value is -2.97. The predicted octanol–water partition coefficient (Wildman–Crippen LogP) is 1.28. The fraction of sp³-hybridized carbons (Fsp3) is 0.308. The average molecular weight is 305 g/mol. The summed E-state index contributed by atoms with van der Waals surface area (Å²) in [6.45, 7) is 1.98. The number of nitrogens with one attached hydrogen (secondary N) is 1. The number of aryl methyl sites for hydroxylation is 1. The van der Waals surface area contributed by atoms with Gasteiger partial charge in [-0.2, -0.15) is 4.98 Å². The van der Waals surface area contributed by atoms with E-state index in [1.54, 1.807) is 18.9 Å². The number of aromatic nitrogens is 2. The van der Waals surface area contributed by atoms with Crippen LogP contribution in [0.4, 0.5) is 11.4 Å². The molecule has 1 amide bonds. The molecule has 116 valence electrons. The van der Waals surface area contributed by atoms with E-state index in [0.29, 0.717) is 23.9 Å². The van der Waals surface area contributed by atoms with Crippen molar-refractivity contribution in [3.05, 3.63) is 45.6 Å². The predicted molar refractivity (Wildman–Crippen MR) is 77.6 cm³/mol. The first-order valence-electron chi connectivity index (χ1n) is 6.43. The fourth-order valence-electron chi connectivity index (χ4n) is 1.99. The molecule has 0 spiro atoms. The van der Waals surface area contributed by atoms with Crippen LogP contribution in [0.2, 0.25) is 0 Å². The number of benzene rings is 1. The molecule has 1 heterocycles. The first-order chi connectivity index (χ1) is 10.4. The first-order valence-corrected chi connectivity index (χ1v) is 6.43. The number of nitrogens with zero attached hydrogens (tertiary/aromatic N) is 4. The third-order valence-corrected chi connectivity index (χ3v) is 3.02. The van der Waals surface area contributed by atoms with Gasteiger partial charge >= 0.3 is 0 Å². The van der Waals surface area contributed by atoms with Crippen molar-refractivity contribution in [2.75, 3.05) is 19.0 Å². The number of amides is 1. The van der Waals surface area contributed by atoms with Crippen LogP contribution in [-0.4, -0.2) is 35.1 Å². The fourth-order valence-corrected chi connectivity index (χ4v) is 1.99. The van der Waals surface area contributed by atoms with Gasteiger partial charge in [-0.25, -0.2) is 0 Å². The van der Waals surface area contributed by atoms with Crippen LogP contribution in [-0.2, 0) is 6.54 Å². The molecular weight excluding hydrogens is 290 g/mol. The molecule has 0 bridgehead atoms. The Balaban J connectivity index is 2.35. The SMILES string of the molecule is CNC(=O)c1cc([N+](=O)[O-])ccc1N(C)Cc1noc(C)n1. The molecule has 0 aliphatic rings. The molecule has 0 radical (unpaired) electrons. The van der Waals surface area contributed by atoms with E-state index < -0.39 is 10.8 Å². The van der Waals surface area contributed by atoms with Crippen LogP contribution in [0.1, 0.15) is 22.1 Å². The highest BCUT2D eigenvalue weighted by molar-refractivity contribution is 6.00. The lowest BCUT2D eigenvalue weighted by molar-refractivity contribution is -0.384. The van der Waals surface area contributed by atoms with Crippen LogP contribution in [0.25, 0.3) is 0 Å². The lowest BCUT2D eigenvalue weighted by Crippen LogP contribution is -2.24. The smallest absolute Gasteiger partial charge is 0.270 e. The van der Waals surface area contributed by atoms with Crippen molar-refractivity contribution in [3.63, 3.8) is 0 Å². The van der Waals surface area contributed by atoms with Crippen molar-refractivity contribution in [1.29, 1.82) is 0 Å². The van der Waals surface area contributed by atoms with Gasteiger partial charge in [0.25, 0.3) is 11.6 Å². The Morgan fingerprint density at radius 3 is 2.77 bits per heavy atom. The minimum atomic E-state index is -0.543. The summed E-state index contributed by atoms with van der Waals surface area (Å²) >= 11 is 0. The molecule has 1 aromatic carbocycles. The topological polar surface area (TPSA) is 114 Å². The largest absolute Gasteiger partial charge is 0.366 e. The summed E-state index contributed by atoms with van der Waals surface area (Å²) in [6, 6.07) is 4.11. The summed E-state index contributed by atoms with van der Waals surface area (Å²) in [6.07, 6.45) is 0. The molecule has 0 saturated heterocycles. The molecule has 0 saturated carbocycles. The number of nitro benzene ring substituents is 1. The van der Waals surface area contributed by atoms with Gasteiger partial charge in [0.05, 0.1) is 22.7 Å². The molecule has 0 unspecified atom stereocenters. The standard InChI is InChI=1S/C13H15N5O4/c1-8-15-12(16-22-8)7-17(3)11-5-4-9(18(20)21)6-10(11)13(19)14-2/h4-6H,7H2,1-3H3,(H,14,19). The Morgan fingerprint density at radius 2 is 2.23 bits per heavy atom. The zero-order valence-corrected chi connectivity index (χ0v) is 12.4. The van der Waals surface area contributed by atoms with Gasteiger partial charge in [0, 0.05) is 33.2 Å². The van der Waals surface area contributed by atoms with Gasteiger partial charge in [-0.3, -0.25) is 14.9 Å². The van der Waals surface area contributed by atoms with Gasteiger partial charge < -0.3 is 14.7 Å². The molecule has 0 fully saturated rings. The maximum Gasteiger partial charge on any atom is 0.270 e. The van der Waals surface area contributed by atoms with E-state index in [2.05, 4.69) is 15.5 Å². The lowest BCUT2D eigenvalue weighted by Gasteiger charge is -2.20. The van der Waals surface area contributed by atoms with Crippen molar-refractivity contribution in [2.24, 2.45) is 0 Å². The molecule has 1 aromatic heterocycles. The molecule has 2 rings (SSSR count). The van der Waals surface area contributed by atoms with E-state index >= 15 is 0 Å². The zero-order chi connectivity index (χ0) is 16.3. The summed E-state index contributed by atoms with van der Waals surface area (Å²) in [5, 5.41) is 17.1. The number of anilines is 1. The Labute approximate surface area is 126 Å². The number of carbonyl (C=O) groups excluding carboxylic acids is 1. The van der Waals surface area contributed by atoms with Gasteiger partial charge in [0.2, 0.25) is 5.89 Å². The Bertz CT molecular complexity index is 712. The summed E-state index contributed by atoms with van der Waals surface area (Å²) in [5.74, 6) is 0.495. The Kier molecular flexibility index (Phi) is 4.35. The van der Waals surface area contributed by atoms with E-state index in [0.717, 1.165) is 0 Å². The molecule has 1 N–H and O–H groups in total. The third-order valence-electron chi connectivity index (χ3n) is 3.02. The maximum absolute atomic E-state index is 12.0. The first kappa shape index (κ1) is 15.4. The van der Waals surface area contributed by atoms with Gasteiger partial charge in [0.15, 0.2) is 5.82 Å². The second kappa shape index (κ2) is 6.20. The molecule has 0 aliphatic heterocycles. The summed E-state index contributed by atoms with van der Waals surface area (Å²) < 4.78 is 4.89. The summed E-state index contributed by atoms with van der Waals surface area (Å²) in [4.78, 5) is 28.1. The monoisotopic (exact) mass is 305 g/mol. The molecule has 0 aliphatic carbocycles. The van der Waals surface area contributed by atoms with Gasteiger partial charge in [-0.15, -0.1) is 0 Å². The second-order valence-electron chi connectivity index (χ2n) is 4.62. The number of rotatable bonds is 5. The van der Waals surface area contributed by atoms with Crippen molar-refractivity contribution < 1.29 is 14.2 Å². The van der Waals surface area contributed by atoms with Gasteiger partial charge in [-0.1, -0.05) is 5.16 Å². The van der Waals surface area contributed by atoms with Crippen molar-refractivity contribution in [1.82, 2.24) is 15.5 Å². The van der Waals surface area contributed by atoms with Crippen LogP contribution in [0.15, 0.2) is 22.7 Å². The maximum atomic E-state index is 12.0. The van der Waals surface area contributed by atoms with Crippen LogP contribution in [0.3, 0.4) is 0 Å². The quantitative estimate of drug-likeness (QED) is 0.653. The molecule has 0 atom stereocenters. The normalized spacial score (nSPS) is 10.3. The van der Waals surface area contributed by atoms with E-state index in [1.807, 2.05) is 0 Å². The molecule has 22 heavy (non-hydrogen) atoms. The van der Waals surface area contributed by atoms with Gasteiger partial charge in [0.1, 0.15) is 0 Å². The van der Waals surface area contributed by atoms with E-state index in [1.165, 1.54) is 25.2 Å².